The molecular formula is C14H23N3O2. The number of amides is 1. The first kappa shape index (κ1) is 14.1. The minimum atomic E-state index is -0.737. The standard InChI is InChI=1S/C14H23N3O2/c1-3-11-4-6-14(19,7-5-11)9-15-13(18)12-8-16-17-10(12)2/h8,11,19H,3-7,9H2,1-2H3,(H,15,18)(H,16,17). The molecule has 0 aliphatic heterocycles. The van der Waals surface area contributed by atoms with Gasteiger partial charge in [0.1, 0.15) is 0 Å². The van der Waals surface area contributed by atoms with Gasteiger partial charge in [0.25, 0.3) is 5.91 Å². The van der Waals surface area contributed by atoms with Crippen molar-refractivity contribution < 1.29 is 9.90 Å². The highest BCUT2D eigenvalue weighted by molar-refractivity contribution is 5.94. The van der Waals surface area contributed by atoms with E-state index < -0.39 is 5.60 Å². The number of nitrogens with zero attached hydrogens (tertiary/aromatic N) is 1. The second kappa shape index (κ2) is 5.74. The number of aromatic amines is 1. The van der Waals surface area contributed by atoms with Crippen molar-refractivity contribution in [1.82, 2.24) is 15.5 Å². The number of H-pyrrole nitrogens is 1. The molecule has 3 N–H and O–H groups in total. The largest absolute Gasteiger partial charge is 0.388 e. The Kier molecular flexibility index (Phi) is 4.24. The van der Waals surface area contributed by atoms with E-state index in [2.05, 4.69) is 22.4 Å². The molecule has 0 radical (unpaired) electrons. The molecule has 106 valence electrons. The molecule has 1 amide bonds. The van der Waals surface area contributed by atoms with E-state index in [4.69, 9.17) is 0 Å². The van der Waals surface area contributed by atoms with Crippen molar-refractivity contribution in [2.24, 2.45) is 5.92 Å². The lowest BCUT2D eigenvalue weighted by molar-refractivity contribution is -0.00787. The lowest BCUT2D eigenvalue weighted by Gasteiger charge is -2.35. The molecule has 1 aromatic heterocycles. The van der Waals surface area contributed by atoms with Crippen molar-refractivity contribution in [2.75, 3.05) is 6.54 Å². The van der Waals surface area contributed by atoms with Gasteiger partial charge in [0, 0.05) is 12.2 Å². The van der Waals surface area contributed by atoms with Crippen LogP contribution in [0.2, 0.25) is 0 Å². The van der Waals surface area contributed by atoms with E-state index in [9.17, 15) is 9.90 Å². The summed E-state index contributed by atoms with van der Waals surface area (Å²) in [6, 6.07) is 0. The Morgan fingerprint density at radius 3 is 2.79 bits per heavy atom. The van der Waals surface area contributed by atoms with Crippen molar-refractivity contribution in [3.63, 3.8) is 0 Å². The van der Waals surface area contributed by atoms with E-state index in [1.165, 1.54) is 12.6 Å². The highest BCUT2D eigenvalue weighted by Crippen LogP contribution is 2.33. The Bertz CT molecular complexity index is 434. The molecule has 5 heteroatoms. The number of hydrogen-bond donors (Lipinski definition) is 3. The van der Waals surface area contributed by atoms with E-state index in [1.54, 1.807) is 0 Å². The number of aliphatic hydroxyl groups is 1. The van der Waals surface area contributed by atoms with Gasteiger partial charge in [-0.2, -0.15) is 5.10 Å². The number of aryl methyl sites for hydroxylation is 1. The molecule has 2 rings (SSSR count). The van der Waals surface area contributed by atoms with Crippen molar-refractivity contribution in [3.05, 3.63) is 17.5 Å². The fraction of sp³-hybridized carbons (Fsp3) is 0.714. The molecule has 1 aliphatic rings. The zero-order chi connectivity index (χ0) is 13.9. The summed E-state index contributed by atoms with van der Waals surface area (Å²) in [5.41, 5.74) is 0.559. The van der Waals surface area contributed by atoms with Crippen LogP contribution < -0.4 is 5.32 Å². The molecular weight excluding hydrogens is 242 g/mol. The van der Waals surface area contributed by atoms with Crippen molar-refractivity contribution in [2.45, 2.75) is 51.6 Å². The van der Waals surface area contributed by atoms with Crippen LogP contribution >= 0.6 is 0 Å². The van der Waals surface area contributed by atoms with E-state index in [-0.39, 0.29) is 5.91 Å². The molecule has 5 nitrogen and oxygen atoms in total. The Labute approximate surface area is 113 Å². The SMILES string of the molecule is CCC1CCC(O)(CNC(=O)c2cn[nH]c2C)CC1. The Balaban J connectivity index is 1.85. The maximum Gasteiger partial charge on any atom is 0.254 e. The van der Waals surface area contributed by atoms with Crippen molar-refractivity contribution in [3.8, 4) is 0 Å². The number of rotatable bonds is 4. The zero-order valence-electron chi connectivity index (χ0n) is 11.7. The van der Waals surface area contributed by atoms with E-state index >= 15 is 0 Å². The van der Waals surface area contributed by atoms with Gasteiger partial charge >= 0.3 is 0 Å². The Hall–Kier alpha value is -1.36. The molecule has 0 saturated heterocycles. The first-order valence-corrected chi connectivity index (χ1v) is 7.04. The molecule has 0 atom stereocenters. The minimum absolute atomic E-state index is 0.169. The van der Waals surface area contributed by atoms with Gasteiger partial charge in [0.2, 0.25) is 0 Å². The summed E-state index contributed by atoms with van der Waals surface area (Å²) in [4.78, 5) is 11.9. The zero-order valence-corrected chi connectivity index (χ0v) is 11.7. The maximum atomic E-state index is 11.9. The van der Waals surface area contributed by atoms with Crippen LogP contribution in [-0.4, -0.2) is 33.4 Å². The third-order valence-corrected chi connectivity index (χ3v) is 4.27. The van der Waals surface area contributed by atoms with Gasteiger partial charge in [-0.15, -0.1) is 0 Å². The molecule has 0 bridgehead atoms. The molecule has 1 heterocycles. The topological polar surface area (TPSA) is 78.0 Å². The van der Waals surface area contributed by atoms with Crippen molar-refractivity contribution >= 4 is 5.91 Å². The highest BCUT2D eigenvalue weighted by atomic mass is 16.3. The van der Waals surface area contributed by atoms with E-state index in [0.29, 0.717) is 12.1 Å². The van der Waals surface area contributed by atoms with Gasteiger partial charge in [-0.25, -0.2) is 0 Å². The summed E-state index contributed by atoms with van der Waals surface area (Å²) in [7, 11) is 0. The summed E-state index contributed by atoms with van der Waals surface area (Å²) in [5.74, 6) is 0.560. The number of carbonyl (C=O) groups excluding carboxylic acids is 1. The first-order valence-electron chi connectivity index (χ1n) is 7.04. The lowest BCUT2D eigenvalue weighted by Crippen LogP contribution is -2.45. The Morgan fingerprint density at radius 2 is 2.26 bits per heavy atom. The van der Waals surface area contributed by atoms with E-state index in [1.807, 2.05) is 6.92 Å². The highest BCUT2D eigenvalue weighted by Gasteiger charge is 2.33. The second-order valence-corrected chi connectivity index (χ2v) is 5.67. The third kappa shape index (κ3) is 3.35. The lowest BCUT2D eigenvalue weighted by atomic mass is 9.78. The average Bonchev–Trinajstić information content (AvgIpc) is 2.83. The summed E-state index contributed by atoms with van der Waals surface area (Å²) >= 11 is 0. The first-order chi connectivity index (χ1) is 9.04. The van der Waals surface area contributed by atoms with Crippen LogP contribution in [-0.2, 0) is 0 Å². The predicted molar refractivity (Wildman–Crippen MR) is 72.9 cm³/mol. The monoisotopic (exact) mass is 265 g/mol. The fourth-order valence-corrected chi connectivity index (χ4v) is 2.72. The van der Waals surface area contributed by atoms with Gasteiger partial charge in [-0.1, -0.05) is 13.3 Å². The van der Waals surface area contributed by atoms with Crippen LogP contribution in [0.3, 0.4) is 0 Å². The van der Waals surface area contributed by atoms with Crippen LogP contribution in [0.1, 0.15) is 55.1 Å². The van der Waals surface area contributed by atoms with Crippen LogP contribution in [0.5, 0.6) is 0 Å². The Morgan fingerprint density at radius 1 is 1.58 bits per heavy atom. The normalized spacial score (nSPS) is 27.2. The maximum absolute atomic E-state index is 11.9. The van der Waals surface area contributed by atoms with Crippen LogP contribution in [0.25, 0.3) is 0 Å². The van der Waals surface area contributed by atoms with Crippen LogP contribution in [0.4, 0.5) is 0 Å². The number of aromatic nitrogens is 2. The molecule has 1 fully saturated rings. The molecule has 1 aromatic rings. The van der Waals surface area contributed by atoms with Crippen molar-refractivity contribution in [1.29, 1.82) is 0 Å². The molecule has 1 saturated carbocycles. The van der Waals surface area contributed by atoms with Crippen LogP contribution in [0.15, 0.2) is 6.20 Å². The quantitative estimate of drug-likeness (QED) is 0.776. The van der Waals surface area contributed by atoms with Gasteiger partial charge in [0.05, 0.1) is 17.4 Å². The second-order valence-electron chi connectivity index (χ2n) is 5.67. The van der Waals surface area contributed by atoms with Gasteiger partial charge in [0.15, 0.2) is 0 Å². The minimum Gasteiger partial charge on any atom is -0.388 e. The molecule has 19 heavy (non-hydrogen) atoms. The molecule has 0 unspecified atom stereocenters. The summed E-state index contributed by atoms with van der Waals surface area (Å²) < 4.78 is 0. The third-order valence-electron chi connectivity index (χ3n) is 4.27. The van der Waals surface area contributed by atoms with Gasteiger partial charge in [-0.3, -0.25) is 9.89 Å². The summed E-state index contributed by atoms with van der Waals surface area (Å²) in [6.07, 6.45) is 6.34. The predicted octanol–water partition coefficient (Wildman–Crippen LogP) is 1.78. The summed E-state index contributed by atoms with van der Waals surface area (Å²) in [5, 5.41) is 19.8. The smallest absolute Gasteiger partial charge is 0.254 e. The van der Waals surface area contributed by atoms with Gasteiger partial charge < -0.3 is 10.4 Å². The summed E-state index contributed by atoms with van der Waals surface area (Å²) in [6.45, 7) is 4.33. The number of hydrogen-bond acceptors (Lipinski definition) is 3. The van der Waals surface area contributed by atoms with Gasteiger partial charge in [-0.05, 0) is 38.5 Å². The van der Waals surface area contributed by atoms with Crippen LogP contribution in [0, 0.1) is 12.8 Å². The number of nitrogens with one attached hydrogen (secondary N) is 2. The number of carbonyl (C=O) groups is 1. The molecule has 0 spiro atoms. The van der Waals surface area contributed by atoms with E-state index in [0.717, 1.165) is 37.3 Å². The fourth-order valence-electron chi connectivity index (χ4n) is 2.72. The average molecular weight is 265 g/mol. The molecule has 1 aliphatic carbocycles. The molecule has 0 aromatic carbocycles.